The van der Waals surface area contributed by atoms with Gasteiger partial charge in [0, 0.05) is 11.1 Å². The van der Waals surface area contributed by atoms with E-state index in [4.69, 9.17) is 9.47 Å². The minimum Gasteiger partial charge on any atom is -0.423 e. The summed E-state index contributed by atoms with van der Waals surface area (Å²) in [7, 11) is 0. The number of ether oxygens (including phenoxy) is 2. The Morgan fingerprint density at radius 3 is 2.71 bits per heavy atom. The number of allylic oxidation sites excluding steroid dienone is 3. The number of fused-ring (bicyclic) bond motifs is 3. The van der Waals surface area contributed by atoms with Crippen LogP contribution >= 0.6 is 0 Å². The smallest absolute Gasteiger partial charge is 0.339 e. The van der Waals surface area contributed by atoms with E-state index < -0.39 is 17.3 Å². The van der Waals surface area contributed by atoms with E-state index in [1.54, 1.807) is 0 Å². The van der Waals surface area contributed by atoms with Gasteiger partial charge < -0.3 is 14.6 Å². The summed E-state index contributed by atoms with van der Waals surface area (Å²) in [6.07, 6.45) is 8.51. The van der Waals surface area contributed by atoms with Crippen molar-refractivity contribution < 1.29 is 19.4 Å². The molecule has 1 N–H and O–H groups in total. The van der Waals surface area contributed by atoms with E-state index in [0.29, 0.717) is 24.2 Å². The summed E-state index contributed by atoms with van der Waals surface area (Å²) < 4.78 is 11.9. The van der Waals surface area contributed by atoms with Gasteiger partial charge in [-0.3, -0.25) is 0 Å². The molecule has 3 heterocycles. The predicted molar refractivity (Wildman–Crippen MR) is 92.2 cm³/mol. The third-order valence-corrected chi connectivity index (χ3v) is 5.68. The van der Waals surface area contributed by atoms with Crippen LogP contribution < -0.4 is 0 Å². The molecule has 0 spiro atoms. The highest BCUT2D eigenvalue weighted by Crippen LogP contribution is 2.42. The lowest BCUT2D eigenvalue weighted by Gasteiger charge is -2.47. The molecule has 0 aromatic rings. The van der Waals surface area contributed by atoms with Crippen molar-refractivity contribution in [2.45, 2.75) is 83.5 Å². The molecule has 3 rings (SSSR count). The van der Waals surface area contributed by atoms with E-state index in [-0.39, 0.29) is 5.97 Å². The fourth-order valence-corrected chi connectivity index (χ4v) is 3.98. The number of aliphatic hydroxyl groups excluding tert-OH is 1. The lowest BCUT2D eigenvalue weighted by Crippen LogP contribution is -2.53. The molecule has 0 aromatic heterocycles. The summed E-state index contributed by atoms with van der Waals surface area (Å²) in [5.41, 5.74) is 1.88. The molecule has 0 saturated carbocycles. The van der Waals surface area contributed by atoms with E-state index in [2.05, 4.69) is 13.0 Å². The monoisotopic (exact) mass is 332 g/mol. The van der Waals surface area contributed by atoms with E-state index in [9.17, 15) is 9.90 Å². The molecule has 3 aliphatic heterocycles. The molecule has 0 amide bonds. The second kappa shape index (κ2) is 6.16. The average molecular weight is 332 g/mol. The third kappa shape index (κ3) is 3.22. The van der Waals surface area contributed by atoms with E-state index in [1.807, 2.05) is 26.8 Å². The van der Waals surface area contributed by atoms with Crippen LogP contribution in [-0.4, -0.2) is 28.4 Å². The van der Waals surface area contributed by atoms with Crippen LogP contribution in [0.2, 0.25) is 0 Å². The molecule has 4 heteroatoms. The Morgan fingerprint density at radius 1 is 1.21 bits per heavy atom. The van der Waals surface area contributed by atoms with Crippen LogP contribution in [0.3, 0.4) is 0 Å². The van der Waals surface area contributed by atoms with Crippen molar-refractivity contribution in [3.05, 3.63) is 34.6 Å². The second-order valence-corrected chi connectivity index (χ2v) is 7.87. The maximum Gasteiger partial charge on any atom is 0.339 e. The Kier molecular flexibility index (Phi) is 4.47. The van der Waals surface area contributed by atoms with E-state index in [0.717, 1.165) is 31.3 Å². The summed E-state index contributed by atoms with van der Waals surface area (Å²) in [6, 6.07) is 0. The molecular weight excluding hydrogens is 304 g/mol. The van der Waals surface area contributed by atoms with Gasteiger partial charge in [0.1, 0.15) is 5.76 Å². The molecule has 0 aliphatic carbocycles. The summed E-state index contributed by atoms with van der Waals surface area (Å²) >= 11 is 0. The van der Waals surface area contributed by atoms with Gasteiger partial charge in [0.05, 0.1) is 17.3 Å². The fourth-order valence-electron chi connectivity index (χ4n) is 3.98. The highest BCUT2D eigenvalue weighted by molar-refractivity contribution is 5.93. The van der Waals surface area contributed by atoms with Crippen molar-refractivity contribution in [2.24, 2.45) is 0 Å². The molecule has 4 nitrogen and oxygen atoms in total. The predicted octanol–water partition coefficient (Wildman–Crippen LogP) is 3.95. The van der Waals surface area contributed by atoms with E-state index >= 15 is 0 Å². The Labute approximate surface area is 144 Å². The maximum atomic E-state index is 12.0. The molecular formula is C20H28O4. The first kappa shape index (κ1) is 17.4. The van der Waals surface area contributed by atoms with Crippen LogP contribution in [0.5, 0.6) is 0 Å². The molecule has 0 radical (unpaired) electrons. The summed E-state index contributed by atoms with van der Waals surface area (Å²) in [6.45, 7) is 7.97. The van der Waals surface area contributed by atoms with Gasteiger partial charge >= 0.3 is 5.97 Å². The van der Waals surface area contributed by atoms with Gasteiger partial charge in [-0.25, -0.2) is 4.79 Å². The van der Waals surface area contributed by atoms with E-state index in [1.165, 1.54) is 5.57 Å². The highest BCUT2D eigenvalue weighted by atomic mass is 16.6. The quantitative estimate of drug-likeness (QED) is 0.539. The Balaban J connectivity index is 2.02. The van der Waals surface area contributed by atoms with Gasteiger partial charge in [-0.05, 0) is 72.3 Å². The minimum absolute atomic E-state index is 0.255. The summed E-state index contributed by atoms with van der Waals surface area (Å²) in [4.78, 5) is 12.0. The van der Waals surface area contributed by atoms with Gasteiger partial charge in [0.15, 0.2) is 0 Å². The number of hydrogen-bond donors (Lipinski definition) is 1. The Morgan fingerprint density at radius 2 is 1.96 bits per heavy atom. The highest BCUT2D eigenvalue weighted by Gasteiger charge is 2.45. The number of carbonyl (C=O) groups excluding carboxylic acids is 1. The number of esters is 1. The second-order valence-electron chi connectivity index (χ2n) is 7.87. The van der Waals surface area contributed by atoms with Crippen molar-refractivity contribution >= 4 is 5.97 Å². The normalized spacial score (nSPS) is 42.0. The lowest BCUT2D eigenvalue weighted by molar-refractivity contribution is -0.207. The topological polar surface area (TPSA) is 55.8 Å². The first-order valence-electron chi connectivity index (χ1n) is 8.91. The minimum atomic E-state index is -0.582. The van der Waals surface area contributed by atoms with Crippen LogP contribution in [0.4, 0.5) is 0 Å². The molecule has 3 atom stereocenters. The van der Waals surface area contributed by atoms with Crippen molar-refractivity contribution in [1.29, 1.82) is 0 Å². The van der Waals surface area contributed by atoms with Crippen molar-refractivity contribution in [3.63, 3.8) is 0 Å². The molecule has 1 fully saturated rings. The molecule has 3 aliphatic rings. The summed E-state index contributed by atoms with van der Waals surface area (Å²) in [5.74, 6) is 0.391. The first-order chi connectivity index (χ1) is 11.2. The standard InChI is InChI=1S/C20H28O4/c1-13-6-5-10-20(4)17(21)9-11-19(3,24-20)12-16-15(8-7-13)14(2)18(22)23-16/h6,12,17,21H,5,7-11H2,1-4H3/b13-6+,16-12-/t17-,19+,20+/m1/s1. The van der Waals surface area contributed by atoms with Gasteiger partial charge in [0.2, 0.25) is 0 Å². The maximum absolute atomic E-state index is 12.0. The van der Waals surface area contributed by atoms with Crippen LogP contribution in [0.25, 0.3) is 0 Å². The number of carbonyl (C=O) groups is 1. The zero-order valence-corrected chi connectivity index (χ0v) is 15.1. The van der Waals surface area contributed by atoms with Gasteiger partial charge in [-0.1, -0.05) is 11.6 Å². The SMILES string of the molecule is CC1=C2CC/C(C)=C/CC[C@]3(C)O[C@](C)(/C=C/2OC1=O)CC[C@H]3O. The molecule has 132 valence electrons. The van der Waals surface area contributed by atoms with Gasteiger partial charge in [-0.2, -0.15) is 0 Å². The zero-order valence-electron chi connectivity index (χ0n) is 15.1. The average Bonchev–Trinajstić information content (AvgIpc) is 2.75. The van der Waals surface area contributed by atoms with Crippen LogP contribution in [0.15, 0.2) is 34.6 Å². The lowest BCUT2D eigenvalue weighted by atomic mass is 9.81. The molecule has 24 heavy (non-hydrogen) atoms. The van der Waals surface area contributed by atoms with Crippen molar-refractivity contribution in [3.8, 4) is 0 Å². The Hall–Kier alpha value is -1.39. The molecule has 0 aromatic carbocycles. The van der Waals surface area contributed by atoms with Crippen molar-refractivity contribution in [2.75, 3.05) is 0 Å². The number of aliphatic hydroxyl groups is 1. The van der Waals surface area contributed by atoms with Gasteiger partial charge in [-0.15, -0.1) is 0 Å². The van der Waals surface area contributed by atoms with Gasteiger partial charge in [0.25, 0.3) is 0 Å². The van der Waals surface area contributed by atoms with Crippen molar-refractivity contribution in [1.82, 2.24) is 0 Å². The third-order valence-electron chi connectivity index (χ3n) is 5.68. The first-order valence-corrected chi connectivity index (χ1v) is 8.91. The molecule has 2 bridgehead atoms. The Bertz CT molecular complexity index is 642. The number of rotatable bonds is 0. The largest absolute Gasteiger partial charge is 0.423 e. The van der Waals surface area contributed by atoms with Crippen LogP contribution in [0, 0.1) is 0 Å². The summed E-state index contributed by atoms with van der Waals surface area (Å²) in [5, 5.41) is 10.5. The van der Waals surface area contributed by atoms with Crippen LogP contribution in [-0.2, 0) is 14.3 Å². The molecule has 0 unspecified atom stereocenters. The van der Waals surface area contributed by atoms with Crippen LogP contribution in [0.1, 0.15) is 66.2 Å². The zero-order chi connectivity index (χ0) is 17.5. The number of hydrogen-bond acceptors (Lipinski definition) is 4. The fraction of sp³-hybridized carbons (Fsp3) is 0.650. The molecule has 1 saturated heterocycles.